The van der Waals surface area contributed by atoms with Gasteiger partial charge in [-0.15, -0.1) is 5.10 Å². The summed E-state index contributed by atoms with van der Waals surface area (Å²) in [6.07, 6.45) is 5.48. The lowest BCUT2D eigenvalue weighted by atomic mass is 10.1. The summed E-state index contributed by atoms with van der Waals surface area (Å²) in [5.41, 5.74) is 3.51. The molecule has 0 radical (unpaired) electrons. The molecule has 0 unspecified atom stereocenters. The molecule has 0 N–H and O–H groups in total. The molecule has 47 heavy (non-hydrogen) atoms. The number of aromatic nitrogens is 6. The first kappa shape index (κ1) is 29.7. The Hall–Kier alpha value is -5.96. The van der Waals surface area contributed by atoms with E-state index in [1.807, 2.05) is 21.5 Å². The highest BCUT2D eigenvalue weighted by Crippen LogP contribution is 2.45. The molecule has 234 valence electrons. The van der Waals surface area contributed by atoms with Gasteiger partial charge in [-0.1, -0.05) is 29.5 Å². The van der Waals surface area contributed by atoms with E-state index in [9.17, 15) is 9.18 Å². The lowest BCUT2D eigenvalue weighted by Gasteiger charge is -2.19. The molecule has 6 aromatic rings. The Kier molecular flexibility index (Phi) is 7.65. The smallest absolute Gasteiger partial charge is 0.337 e. The second kappa shape index (κ2) is 12.1. The number of imidazole rings is 1. The molecule has 0 amide bonds. The van der Waals surface area contributed by atoms with E-state index in [0.29, 0.717) is 40.3 Å². The third kappa shape index (κ3) is 5.91. The Morgan fingerprint density at radius 2 is 1.83 bits per heavy atom. The maximum atomic E-state index is 15.7. The molecule has 3 aromatic carbocycles. The van der Waals surface area contributed by atoms with Gasteiger partial charge >= 0.3 is 5.97 Å². The fourth-order valence-corrected chi connectivity index (χ4v) is 5.65. The van der Waals surface area contributed by atoms with Crippen LogP contribution < -0.4 is 4.74 Å². The summed E-state index contributed by atoms with van der Waals surface area (Å²) in [7, 11) is 1.34. The molecule has 0 saturated heterocycles. The highest BCUT2D eigenvalue weighted by molar-refractivity contribution is 5.93. The molecule has 0 bridgehead atoms. The maximum Gasteiger partial charge on any atom is 0.337 e. The Balaban J connectivity index is 1.15. The number of rotatable bonds is 10. The molecule has 0 spiro atoms. The standard InChI is InChI=1S/C35H27F2N7O3/c1-46-34(45)25-9-10-30-31(17-25)43(21-35(11-12-35)44-14-13-39-42-44)32(40-30)18-23-7-8-24(16-28(23)37)29-3-2-4-33(41-29)47-20-26-6-5-22(19-38)15-27(26)36/h2-10,13-17H,11-12,18,20-21H2,1H3. The summed E-state index contributed by atoms with van der Waals surface area (Å²) in [5.74, 6) is -0.534. The third-order valence-corrected chi connectivity index (χ3v) is 8.42. The fraction of sp³-hybridized carbons (Fsp3) is 0.200. The van der Waals surface area contributed by atoms with E-state index in [-0.39, 0.29) is 35.6 Å². The van der Waals surface area contributed by atoms with Crippen molar-refractivity contribution in [2.45, 2.75) is 38.0 Å². The van der Waals surface area contributed by atoms with Crippen LogP contribution in [0.5, 0.6) is 5.88 Å². The van der Waals surface area contributed by atoms with Crippen molar-refractivity contribution in [3.63, 3.8) is 0 Å². The number of hydrogen-bond donors (Lipinski definition) is 0. The van der Waals surface area contributed by atoms with E-state index in [1.165, 1.54) is 25.3 Å². The Morgan fingerprint density at radius 3 is 2.55 bits per heavy atom. The second-order valence-corrected chi connectivity index (χ2v) is 11.4. The molecule has 3 heterocycles. The Bertz CT molecular complexity index is 2170. The summed E-state index contributed by atoms with van der Waals surface area (Å²) in [5, 5.41) is 17.2. The summed E-state index contributed by atoms with van der Waals surface area (Å²) >= 11 is 0. The van der Waals surface area contributed by atoms with Crippen LogP contribution in [0.3, 0.4) is 0 Å². The van der Waals surface area contributed by atoms with Crippen LogP contribution in [0.25, 0.3) is 22.3 Å². The number of benzene rings is 3. The minimum absolute atomic E-state index is 0.0817. The summed E-state index contributed by atoms with van der Waals surface area (Å²) in [4.78, 5) is 21.7. The number of carbonyl (C=O) groups is 1. The zero-order valence-corrected chi connectivity index (χ0v) is 25.2. The van der Waals surface area contributed by atoms with Gasteiger partial charge < -0.3 is 14.0 Å². The van der Waals surface area contributed by atoms with Crippen molar-refractivity contribution in [1.82, 2.24) is 29.5 Å². The van der Waals surface area contributed by atoms with E-state index in [4.69, 9.17) is 19.7 Å². The van der Waals surface area contributed by atoms with Gasteiger partial charge in [-0.2, -0.15) is 5.26 Å². The minimum atomic E-state index is -0.541. The van der Waals surface area contributed by atoms with Crippen molar-refractivity contribution in [3.05, 3.63) is 125 Å². The Labute approximate surface area is 267 Å². The molecule has 0 atom stereocenters. The average Bonchev–Trinajstić information content (AvgIpc) is 3.50. The number of esters is 1. The van der Waals surface area contributed by atoms with Crippen LogP contribution in [0.15, 0.2) is 85.2 Å². The van der Waals surface area contributed by atoms with Crippen molar-refractivity contribution in [3.8, 4) is 23.2 Å². The van der Waals surface area contributed by atoms with Crippen molar-refractivity contribution >= 4 is 17.0 Å². The van der Waals surface area contributed by atoms with Crippen LogP contribution in [0, 0.1) is 23.0 Å². The summed E-state index contributed by atoms with van der Waals surface area (Å²) < 4.78 is 44.6. The van der Waals surface area contributed by atoms with Gasteiger partial charge in [-0.25, -0.2) is 28.2 Å². The van der Waals surface area contributed by atoms with Crippen LogP contribution in [-0.2, 0) is 29.8 Å². The van der Waals surface area contributed by atoms with E-state index >= 15 is 4.39 Å². The Morgan fingerprint density at radius 1 is 1.00 bits per heavy atom. The first-order chi connectivity index (χ1) is 22.9. The topological polar surface area (TPSA) is 121 Å². The van der Waals surface area contributed by atoms with E-state index < -0.39 is 17.6 Å². The van der Waals surface area contributed by atoms with E-state index in [2.05, 4.69) is 15.3 Å². The van der Waals surface area contributed by atoms with Crippen LogP contribution in [-0.4, -0.2) is 42.6 Å². The van der Waals surface area contributed by atoms with E-state index in [0.717, 1.165) is 24.4 Å². The van der Waals surface area contributed by atoms with E-state index in [1.54, 1.807) is 54.7 Å². The largest absolute Gasteiger partial charge is 0.473 e. The second-order valence-electron chi connectivity index (χ2n) is 11.4. The fourth-order valence-electron chi connectivity index (χ4n) is 5.65. The maximum absolute atomic E-state index is 15.7. The first-order valence-corrected chi connectivity index (χ1v) is 14.9. The number of methoxy groups -OCH3 is 1. The lowest BCUT2D eigenvalue weighted by Crippen LogP contribution is -2.25. The van der Waals surface area contributed by atoms with Crippen LogP contribution >= 0.6 is 0 Å². The number of fused-ring (bicyclic) bond motifs is 1. The minimum Gasteiger partial charge on any atom is -0.473 e. The predicted octanol–water partition coefficient (Wildman–Crippen LogP) is 5.99. The molecule has 3 aromatic heterocycles. The number of nitrogens with zero attached hydrogens (tertiary/aromatic N) is 7. The van der Waals surface area contributed by atoms with Gasteiger partial charge in [0, 0.05) is 36.4 Å². The monoisotopic (exact) mass is 631 g/mol. The molecule has 0 aliphatic heterocycles. The van der Waals surface area contributed by atoms with Crippen LogP contribution in [0.4, 0.5) is 8.78 Å². The molecular formula is C35H27F2N7O3. The van der Waals surface area contributed by atoms with Gasteiger partial charge in [0.2, 0.25) is 5.88 Å². The lowest BCUT2D eigenvalue weighted by molar-refractivity contribution is 0.0601. The zero-order chi connectivity index (χ0) is 32.5. The zero-order valence-electron chi connectivity index (χ0n) is 25.2. The van der Waals surface area contributed by atoms with Gasteiger partial charge in [0.1, 0.15) is 24.1 Å². The molecule has 1 saturated carbocycles. The average molecular weight is 632 g/mol. The molecule has 1 fully saturated rings. The number of nitriles is 1. The van der Waals surface area contributed by atoms with Crippen LogP contribution in [0.1, 0.15) is 45.7 Å². The normalized spacial score (nSPS) is 13.3. The molecular weight excluding hydrogens is 604 g/mol. The SMILES string of the molecule is COC(=O)c1ccc2nc(Cc3ccc(-c4cccc(OCc5ccc(C#N)cc5F)n4)cc3F)n(CC3(n4ccnn4)CC3)c2c1. The molecule has 12 heteroatoms. The highest BCUT2D eigenvalue weighted by Gasteiger charge is 2.46. The van der Waals surface area contributed by atoms with Gasteiger partial charge in [0.25, 0.3) is 0 Å². The molecule has 7 rings (SSSR count). The quantitative estimate of drug-likeness (QED) is 0.169. The van der Waals surface area contributed by atoms with Crippen molar-refractivity contribution in [2.24, 2.45) is 0 Å². The first-order valence-electron chi connectivity index (χ1n) is 14.9. The molecule has 1 aliphatic carbocycles. The summed E-state index contributed by atoms with van der Waals surface area (Å²) in [6.45, 7) is 0.442. The number of halogens is 2. The van der Waals surface area contributed by atoms with Crippen molar-refractivity contribution in [1.29, 1.82) is 5.26 Å². The van der Waals surface area contributed by atoms with Gasteiger partial charge in [0.05, 0.1) is 52.8 Å². The molecule has 1 aliphatic rings. The van der Waals surface area contributed by atoms with Crippen LogP contribution in [0.2, 0.25) is 0 Å². The van der Waals surface area contributed by atoms with Gasteiger partial charge in [-0.3, -0.25) is 0 Å². The molecule has 10 nitrogen and oxygen atoms in total. The number of hydrogen-bond acceptors (Lipinski definition) is 8. The predicted molar refractivity (Wildman–Crippen MR) is 166 cm³/mol. The highest BCUT2D eigenvalue weighted by atomic mass is 19.1. The number of ether oxygens (including phenoxy) is 2. The van der Waals surface area contributed by atoms with Gasteiger partial charge in [0.15, 0.2) is 0 Å². The van der Waals surface area contributed by atoms with Crippen molar-refractivity contribution in [2.75, 3.05) is 7.11 Å². The van der Waals surface area contributed by atoms with Crippen molar-refractivity contribution < 1.29 is 23.0 Å². The summed E-state index contributed by atoms with van der Waals surface area (Å²) in [6, 6.07) is 21.3. The number of pyridine rings is 1. The van der Waals surface area contributed by atoms with Gasteiger partial charge in [-0.05, 0) is 60.9 Å². The third-order valence-electron chi connectivity index (χ3n) is 8.42. The number of carbonyl (C=O) groups excluding carboxylic acids is 1.